The standard InChI is InChI=1S/C19H22FN3O2/c20-16-5-3-15(4-6-16)19(7-8-19)18(24)22-10-2-12-25-17(13-22)14-23-11-1-9-21-23/h1,3-6,9,11,17H,2,7-8,10,12-14H2/t17-/m0/s1. The molecular formula is C19H22FN3O2. The Morgan fingerprint density at radius 3 is 2.80 bits per heavy atom. The zero-order chi connectivity index (χ0) is 17.3. The largest absolute Gasteiger partial charge is 0.374 e. The van der Waals surface area contributed by atoms with Crippen molar-refractivity contribution in [2.45, 2.75) is 37.3 Å². The van der Waals surface area contributed by atoms with E-state index >= 15 is 0 Å². The maximum atomic E-state index is 13.2. The molecule has 1 amide bonds. The molecule has 132 valence electrons. The molecule has 25 heavy (non-hydrogen) atoms. The summed E-state index contributed by atoms with van der Waals surface area (Å²) in [6.07, 6.45) is 6.09. The third kappa shape index (κ3) is 3.31. The van der Waals surface area contributed by atoms with Crippen LogP contribution in [0.15, 0.2) is 42.7 Å². The Kier molecular flexibility index (Phi) is 4.29. The summed E-state index contributed by atoms with van der Waals surface area (Å²) >= 11 is 0. The number of hydrogen-bond donors (Lipinski definition) is 0. The van der Waals surface area contributed by atoms with Gasteiger partial charge in [-0.15, -0.1) is 0 Å². The molecule has 1 saturated carbocycles. The fourth-order valence-electron chi connectivity index (χ4n) is 3.63. The number of nitrogens with zero attached hydrogens (tertiary/aromatic N) is 3. The predicted molar refractivity (Wildman–Crippen MR) is 90.5 cm³/mol. The summed E-state index contributed by atoms with van der Waals surface area (Å²) in [5.41, 5.74) is 0.460. The van der Waals surface area contributed by atoms with Crippen molar-refractivity contribution >= 4 is 5.91 Å². The zero-order valence-electron chi connectivity index (χ0n) is 14.1. The third-order valence-electron chi connectivity index (χ3n) is 5.14. The molecule has 2 aliphatic rings. The Hall–Kier alpha value is -2.21. The Morgan fingerprint density at radius 2 is 2.12 bits per heavy atom. The molecule has 2 heterocycles. The lowest BCUT2D eigenvalue weighted by Gasteiger charge is -2.28. The van der Waals surface area contributed by atoms with Gasteiger partial charge in [0.2, 0.25) is 5.91 Å². The van der Waals surface area contributed by atoms with Gasteiger partial charge in [-0.2, -0.15) is 5.10 Å². The summed E-state index contributed by atoms with van der Waals surface area (Å²) in [5, 5.41) is 4.23. The number of carbonyl (C=O) groups excluding carboxylic acids is 1. The predicted octanol–water partition coefficient (Wildman–Crippen LogP) is 2.37. The van der Waals surface area contributed by atoms with Crippen molar-refractivity contribution in [1.82, 2.24) is 14.7 Å². The van der Waals surface area contributed by atoms with E-state index in [4.69, 9.17) is 4.74 Å². The van der Waals surface area contributed by atoms with Crippen LogP contribution in [0.4, 0.5) is 4.39 Å². The molecule has 4 rings (SSSR count). The van der Waals surface area contributed by atoms with E-state index in [1.54, 1.807) is 18.3 Å². The molecule has 1 aromatic carbocycles. The van der Waals surface area contributed by atoms with E-state index in [0.717, 1.165) is 24.8 Å². The highest BCUT2D eigenvalue weighted by Crippen LogP contribution is 2.49. The number of amides is 1. The number of ether oxygens (including phenoxy) is 1. The summed E-state index contributed by atoms with van der Waals surface area (Å²) in [6.45, 7) is 2.57. The van der Waals surface area contributed by atoms with E-state index in [2.05, 4.69) is 5.10 Å². The van der Waals surface area contributed by atoms with E-state index in [1.165, 1.54) is 12.1 Å². The smallest absolute Gasteiger partial charge is 0.233 e. The van der Waals surface area contributed by atoms with Crippen LogP contribution in [0.2, 0.25) is 0 Å². The van der Waals surface area contributed by atoms with Crippen LogP contribution in [-0.4, -0.2) is 46.4 Å². The summed E-state index contributed by atoms with van der Waals surface area (Å²) < 4.78 is 21.0. The monoisotopic (exact) mass is 343 g/mol. The average molecular weight is 343 g/mol. The molecule has 1 aliphatic carbocycles. The normalized spacial score (nSPS) is 22.4. The van der Waals surface area contributed by atoms with Gasteiger partial charge in [-0.05, 0) is 43.0 Å². The molecular weight excluding hydrogens is 321 g/mol. The molecule has 1 aromatic heterocycles. The molecule has 6 heteroatoms. The maximum absolute atomic E-state index is 13.2. The number of carbonyl (C=O) groups is 1. The van der Waals surface area contributed by atoms with Crippen molar-refractivity contribution in [3.05, 3.63) is 54.1 Å². The van der Waals surface area contributed by atoms with Crippen molar-refractivity contribution in [3.63, 3.8) is 0 Å². The van der Waals surface area contributed by atoms with Gasteiger partial charge in [-0.1, -0.05) is 12.1 Å². The van der Waals surface area contributed by atoms with Crippen molar-refractivity contribution < 1.29 is 13.9 Å². The quantitative estimate of drug-likeness (QED) is 0.856. The van der Waals surface area contributed by atoms with E-state index in [-0.39, 0.29) is 17.8 Å². The van der Waals surface area contributed by atoms with Crippen molar-refractivity contribution in [2.24, 2.45) is 0 Å². The van der Waals surface area contributed by atoms with E-state index in [1.807, 2.05) is 21.8 Å². The highest BCUT2D eigenvalue weighted by Gasteiger charge is 2.53. The van der Waals surface area contributed by atoms with Gasteiger partial charge in [0.1, 0.15) is 5.82 Å². The number of hydrogen-bond acceptors (Lipinski definition) is 3. The van der Waals surface area contributed by atoms with Gasteiger partial charge in [0.25, 0.3) is 0 Å². The molecule has 1 atom stereocenters. The van der Waals surface area contributed by atoms with Crippen LogP contribution in [0.3, 0.4) is 0 Å². The Labute approximate surface area is 146 Å². The Balaban J connectivity index is 1.49. The van der Waals surface area contributed by atoms with Crippen LogP contribution in [0.25, 0.3) is 0 Å². The van der Waals surface area contributed by atoms with Gasteiger partial charge in [0, 0.05) is 32.1 Å². The van der Waals surface area contributed by atoms with Crippen LogP contribution in [0.1, 0.15) is 24.8 Å². The molecule has 0 N–H and O–H groups in total. The highest BCUT2D eigenvalue weighted by atomic mass is 19.1. The van der Waals surface area contributed by atoms with Gasteiger partial charge in [-0.3, -0.25) is 9.48 Å². The molecule has 0 radical (unpaired) electrons. The SMILES string of the molecule is O=C(N1CCCO[C@H](Cn2cccn2)C1)C1(c2ccc(F)cc2)CC1. The van der Waals surface area contributed by atoms with Crippen molar-refractivity contribution in [1.29, 1.82) is 0 Å². The van der Waals surface area contributed by atoms with Gasteiger partial charge in [0.15, 0.2) is 0 Å². The average Bonchev–Trinajstić information content (AvgIpc) is 3.33. The first kappa shape index (κ1) is 16.3. The first-order chi connectivity index (χ1) is 12.2. The summed E-state index contributed by atoms with van der Waals surface area (Å²) in [7, 11) is 0. The Morgan fingerprint density at radius 1 is 1.32 bits per heavy atom. The second-order valence-electron chi connectivity index (χ2n) is 6.91. The van der Waals surface area contributed by atoms with E-state index in [9.17, 15) is 9.18 Å². The molecule has 2 aromatic rings. The summed E-state index contributed by atoms with van der Waals surface area (Å²) in [5.74, 6) is -0.121. The van der Waals surface area contributed by atoms with Crippen LogP contribution in [-0.2, 0) is 21.5 Å². The zero-order valence-corrected chi connectivity index (χ0v) is 14.1. The summed E-state index contributed by atoms with van der Waals surface area (Å²) in [6, 6.07) is 8.25. The number of aromatic nitrogens is 2. The lowest BCUT2D eigenvalue weighted by atomic mass is 9.94. The summed E-state index contributed by atoms with van der Waals surface area (Å²) in [4.78, 5) is 15.2. The first-order valence-corrected chi connectivity index (χ1v) is 8.82. The third-order valence-corrected chi connectivity index (χ3v) is 5.14. The Bertz CT molecular complexity index is 726. The lowest BCUT2D eigenvalue weighted by Crippen LogP contribution is -2.43. The minimum absolute atomic E-state index is 0.0598. The molecule has 1 aliphatic heterocycles. The maximum Gasteiger partial charge on any atom is 0.233 e. The van der Waals surface area contributed by atoms with Crippen LogP contribution in [0.5, 0.6) is 0 Å². The van der Waals surface area contributed by atoms with Crippen LogP contribution in [0, 0.1) is 5.82 Å². The van der Waals surface area contributed by atoms with Crippen LogP contribution < -0.4 is 0 Å². The second-order valence-corrected chi connectivity index (χ2v) is 6.91. The van der Waals surface area contributed by atoms with Crippen molar-refractivity contribution in [3.8, 4) is 0 Å². The molecule has 0 bridgehead atoms. The highest BCUT2D eigenvalue weighted by molar-refractivity contribution is 5.91. The second kappa shape index (κ2) is 6.59. The fourth-order valence-corrected chi connectivity index (χ4v) is 3.63. The molecule has 1 saturated heterocycles. The van der Waals surface area contributed by atoms with Gasteiger partial charge in [-0.25, -0.2) is 4.39 Å². The fraction of sp³-hybridized carbons (Fsp3) is 0.474. The molecule has 0 unspecified atom stereocenters. The molecule has 5 nitrogen and oxygen atoms in total. The number of halogens is 1. The first-order valence-electron chi connectivity index (χ1n) is 8.82. The van der Waals surface area contributed by atoms with Crippen LogP contribution >= 0.6 is 0 Å². The lowest BCUT2D eigenvalue weighted by molar-refractivity contribution is -0.134. The van der Waals surface area contributed by atoms with E-state index < -0.39 is 5.41 Å². The van der Waals surface area contributed by atoms with Gasteiger partial charge in [0.05, 0.1) is 18.1 Å². The minimum atomic E-state index is -0.464. The molecule has 2 fully saturated rings. The van der Waals surface area contributed by atoms with Gasteiger partial charge < -0.3 is 9.64 Å². The van der Waals surface area contributed by atoms with E-state index in [0.29, 0.717) is 26.2 Å². The minimum Gasteiger partial charge on any atom is -0.374 e. The number of rotatable bonds is 4. The molecule has 0 spiro atoms. The van der Waals surface area contributed by atoms with Gasteiger partial charge >= 0.3 is 0 Å². The van der Waals surface area contributed by atoms with Crippen molar-refractivity contribution in [2.75, 3.05) is 19.7 Å². The topological polar surface area (TPSA) is 47.4 Å². The number of benzene rings is 1.